The van der Waals surface area contributed by atoms with E-state index in [0.717, 1.165) is 15.7 Å². The zero-order valence-electron chi connectivity index (χ0n) is 9.26. The number of benzene rings is 1. The molecule has 5 heteroatoms. The Morgan fingerprint density at radius 1 is 1.53 bits per heavy atom. The number of nitriles is 1. The van der Waals surface area contributed by atoms with Gasteiger partial charge in [0.25, 0.3) is 0 Å². The van der Waals surface area contributed by atoms with Crippen molar-refractivity contribution in [3.63, 3.8) is 0 Å². The second-order valence-electron chi connectivity index (χ2n) is 3.73. The summed E-state index contributed by atoms with van der Waals surface area (Å²) in [6, 6.07) is 7.82. The summed E-state index contributed by atoms with van der Waals surface area (Å²) in [4.78, 5) is 3.96. The molecule has 0 bridgehead atoms. The highest BCUT2D eigenvalue weighted by Gasteiger charge is 2.08. The second kappa shape index (κ2) is 4.70. The van der Waals surface area contributed by atoms with Crippen LogP contribution in [-0.2, 0) is 0 Å². The van der Waals surface area contributed by atoms with Gasteiger partial charge in [0.05, 0.1) is 0 Å². The van der Waals surface area contributed by atoms with Gasteiger partial charge in [0, 0.05) is 28.6 Å². The van der Waals surface area contributed by atoms with Gasteiger partial charge in [-0.15, -0.1) is 0 Å². The molecule has 0 aliphatic rings. The summed E-state index contributed by atoms with van der Waals surface area (Å²) in [6.07, 6.45) is 3.36. The van der Waals surface area contributed by atoms with Gasteiger partial charge in [-0.1, -0.05) is 22.0 Å². The van der Waals surface area contributed by atoms with Crippen LogP contribution in [0.1, 0.15) is 24.4 Å². The second-order valence-corrected chi connectivity index (χ2v) is 4.58. The van der Waals surface area contributed by atoms with Crippen molar-refractivity contribution in [3.8, 4) is 11.8 Å². The van der Waals surface area contributed by atoms with Gasteiger partial charge >= 0.3 is 0 Å². The molecule has 0 amide bonds. The number of nitrogens with zero attached hydrogens (tertiary/aromatic N) is 3. The number of nitrogens with two attached hydrogens (primary N) is 1. The van der Waals surface area contributed by atoms with Gasteiger partial charge in [-0.05, 0) is 24.6 Å². The molecular weight excluding hydrogens is 280 g/mol. The lowest BCUT2D eigenvalue weighted by Gasteiger charge is -2.11. The highest BCUT2D eigenvalue weighted by Crippen LogP contribution is 2.25. The molecule has 1 atom stereocenters. The number of rotatable bonds is 2. The molecule has 0 unspecified atom stereocenters. The average molecular weight is 291 g/mol. The molecule has 0 saturated heterocycles. The van der Waals surface area contributed by atoms with E-state index >= 15 is 0 Å². The fraction of sp³-hybridized carbons (Fsp3) is 0.167. The summed E-state index contributed by atoms with van der Waals surface area (Å²) >= 11 is 3.48. The van der Waals surface area contributed by atoms with Crippen LogP contribution in [0.25, 0.3) is 5.69 Å². The Balaban J connectivity index is 2.49. The monoisotopic (exact) mass is 290 g/mol. The van der Waals surface area contributed by atoms with Gasteiger partial charge in [0.15, 0.2) is 0 Å². The molecule has 0 radical (unpaired) electrons. The lowest BCUT2D eigenvalue weighted by atomic mass is 10.1. The fourth-order valence-corrected chi connectivity index (χ4v) is 2.36. The van der Waals surface area contributed by atoms with Crippen molar-refractivity contribution in [2.45, 2.75) is 13.0 Å². The van der Waals surface area contributed by atoms with Gasteiger partial charge in [-0.3, -0.25) is 4.57 Å². The lowest BCUT2D eigenvalue weighted by Crippen LogP contribution is -2.06. The molecule has 4 nitrogen and oxygen atoms in total. The van der Waals surface area contributed by atoms with Crippen molar-refractivity contribution < 1.29 is 0 Å². The van der Waals surface area contributed by atoms with Crippen molar-refractivity contribution in [3.05, 3.63) is 46.5 Å². The van der Waals surface area contributed by atoms with Crippen LogP contribution in [0.15, 0.2) is 35.1 Å². The van der Waals surface area contributed by atoms with E-state index in [0.29, 0.717) is 5.82 Å². The largest absolute Gasteiger partial charge is 0.324 e. The minimum atomic E-state index is -0.0309. The number of hydrogen-bond acceptors (Lipinski definition) is 3. The first-order valence-electron chi connectivity index (χ1n) is 5.12. The third-order valence-corrected chi connectivity index (χ3v) is 3.18. The van der Waals surface area contributed by atoms with E-state index in [2.05, 4.69) is 20.9 Å². The maximum Gasteiger partial charge on any atom is 0.217 e. The third kappa shape index (κ3) is 2.23. The van der Waals surface area contributed by atoms with Crippen LogP contribution in [0.4, 0.5) is 0 Å². The summed E-state index contributed by atoms with van der Waals surface area (Å²) < 4.78 is 2.66. The summed E-state index contributed by atoms with van der Waals surface area (Å²) in [7, 11) is 0. The van der Waals surface area contributed by atoms with Crippen LogP contribution >= 0.6 is 15.9 Å². The van der Waals surface area contributed by atoms with Crippen LogP contribution in [0.5, 0.6) is 0 Å². The molecule has 86 valence electrons. The number of halogens is 1. The molecule has 1 aromatic heterocycles. The van der Waals surface area contributed by atoms with Gasteiger partial charge in [0.1, 0.15) is 6.07 Å². The zero-order valence-corrected chi connectivity index (χ0v) is 10.8. The van der Waals surface area contributed by atoms with Crippen molar-refractivity contribution >= 4 is 15.9 Å². The summed E-state index contributed by atoms with van der Waals surface area (Å²) in [5.41, 5.74) is 7.76. The average Bonchev–Trinajstić information content (AvgIpc) is 2.76. The van der Waals surface area contributed by atoms with Crippen molar-refractivity contribution in [1.82, 2.24) is 9.55 Å². The van der Waals surface area contributed by atoms with Crippen LogP contribution < -0.4 is 5.73 Å². The molecule has 0 fully saturated rings. The molecular formula is C12H11BrN4. The maximum atomic E-state index is 8.92. The van der Waals surface area contributed by atoms with Crippen LogP contribution in [0.2, 0.25) is 0 Å². The molecule has 2 aromatic rings. The van der Waals surface area contributed by atoms with Gasteiger partial charge < -0.3 is 5.73 Å². The first kappa shape index (κ1) is 11.8. The number of imidazole rings is 1. The Labute approximate surface area is 108 Å². The summed E-state index contributed by atoms with van der Waals surface area (Å²) in [5, 5.41) is 8.92. The minimum Gasteiger partial charge on any atom is -0.324 e. The van der Waals surface area contributed by atoms with E-state index in [1.807, 2.05) is 31.2 Å². The molecule has 0 aliphatic heterocycles. The molecule has 0 aliphatic carbocycles. The molecule has 0 saturated carbocycles. The van der Waals surface area contributed by atoms with Crippen molar-refractivity contribution in [2.75, 3.05) is 0 Å². The first-order chi connectivity index (χ1) is 8.13. The molecule has 0 spiro atoms. The quantitative estimate of drug-likeness (QED) is 0.924. The Morgan fingerprint density at radius 2 is 2.29 bits per heavy atom. The van der Waals surface area contributed by atoms with E-state index < -0.39 is 0 Å². The van der Waals surface area contributed by atoms with E-state index in [9.17, 15) is 0 Å². The number of hydrogen-bond donors (Lipinski definition) is 1. The highest BCUT2D eigenvalue weighted by atomic mass is 79.9. The Morgan fingerprint density at radius 3 is 2.88 bits per heavy atom. The maximum absolute atomic E-state index is 8.92. The highest BCUT2D eigenvalue weighted by molar-refractivity contribution is 9.10. The van der Waals surface area contributed by atoms with E-state index in [1.54, 1.807) is 17.0 Å². The van der Waals surface area contributed by atoms with Gasteiger partial charge in [-0.25, -0.2) is 4.98 Å². The first-order valence-corrected chi connectivity index (χ1v) is 5.91. The summed E-state index contributed by atoms with van der Waals surface area (Å²) in [6.45, 7) is 1.93. The van der Waals surface area contributed by atoms with E-state index in [4.69, 9.17) is 11.0 Å². The van der Waals surface area contributed by atoms with Crippen molar-refractivity contribution in [1.29, 1.82) is 5.26 Å². The normalized spacial score (nSPS) is 12.1. The number of aromatic nitrogens is 2. The minimum absolute atomic E-state index is 0.0309. The third-order valence-electron chi connectivity index (χ3n) is 2.49. The Hall–Kier alpha value is -1.64. The summed E-state index contributed by atoms with van der Waals surface area (Å²) in [5.74, 6) is 0.366. The SMILES string of the molecule is C[C@@H](N)c1ccc(-n2ccnc2C#N)cc1Br. The predicted octanol–water partition coefficient (Wildman–Crippen LogP) is 2.53. The standard InChI is InChI=1S/C12H11BrN4/c1-8(15)10-3-2-9(6-11(10)13)17-5-4-16-12(17)7-14/h2-6,8H,15H2,1H3/t8-/m1/s1. The Bertz CT molecular complexity index is 580. The van der Waals surface area contributed by atoms with Crippen LogP contribution in [0.3, 0.4) is 0 Å². The van der Waals surface area contributed by atoms with Gasteiger partial charge in [0.2, 0.25) is 5.82 Å². The predicted molar refractivity (Wildman–Crippen MR) is 68.6 cm³/mol. The lowest BCUT2D eigenvalue weighted by molar-refractivity contribution is 0.812. The fourth-order valence-electron chi connectivity index (χ4n) is 1.63. The van der Waals surface area contributed by atoms with E-state index in [-0.39, 0.29) is 6.04 Å². The van der Waals surface area contributed by atoms with Gasteiger partial charge in [-0.2, -0.15) is 5.26 Å². The van der Waals surface area contributed by atoms with E-state index in [1.165, 1.54) is 0 Å². The van der Waals surface area contributed by atoms with Crippen LogP contribution in [0, 0.1) is 11.3 Å². The van der Waals surface area contributed by atoms with Crippen molar-refractivity contribution in [2.24, 2.45) is 5.73 Å². The molecule has 1 aromatic carbocycles. The molecule has 1 heterocycles. The van der Waals surface area contributed by atoms with Crippen LogP contribution in [-0.4, -0.2) is 9.55 Å². The smallest absolute Gasteiger partial charge is 0.217 e. The molecule has 17 heavy (non-hydrogen) atoms. The molecule has 2 rings (SSSR count). The molecule has 2 N–H and O–H groups in total. The zero-order chi connectivity index (χ0) is 12.4. The Kier molecular flexibility index (Phi) is 3.27. The topological polar surface area (TPSA) is 67.6 Å².